The number of halogens is 2. The molecule has 4 rings (SSSR count). The summed E-state index contributed by atoms with van der Waals surface area (Å²) in [6, 6.07) is 0.262. The summed E-state index contributed by atoms with van der Waals surface area (Å²) in [5.74, 6) is 0.717. The molecule has 2 aliphatic rings. The maximum Gasteiger partial charge on any atom is 0.360 e. The van der Waals surface area contributed by atoms with E-state index < -0.39 is 0 Å². The largest absolute Gasteiger partial charge is 0.371 e. The molecule has 0 saturated carbocycles. The van der Waals surface area contributed by atoms with Crippen molar-refractivity contribution in [3.63, 3.8) is 0 Å². The Morgan fingerprint density at radius 3 is 2.71 bits per heavy atom. The van der Waals surface area contributed by atoms with Gasteiger partial charge in [0.15, 0.2) is 5.65 Å². The highest BCUT2D eigenvalue weighted by molar-refractivity contribution is 14.1. The summed E-state index contributed by atoms with van der Waals surface area (Å²) in [6.45, 7) is 5.42. The number of likely N-dealkylation sites (N-methyl/N-ethyl adjacent to an activating group) is 2. The highest BCUT2D eigenvalue weighted by Gasteiger charge is 2.35. The van der Waals surface area contributed by atoms with Gasteiger partial charge in [0.2, 0.25) is 0 Å². The van der Waals surface area contributed by atoms with Crippen molar-refractivity contribution < 1.29 is 0 Å². The summed E-state index contributed by atoms with van der Waals surface area (Å²) in [6.07, 6.45) is 0. The van der Waals surface area contributed by atoms with Gasteiger partial charge in [0.05, 0.1) is 50.7 Å². The van der Waals surface area contributed by atoms with Crippen LogP contribution < -0.4 is 15.5 Å². The molecule has 0 aromatic carbocycles. The SMILES string of the molecule is Cc1nc2c3c(nc(=O)n2I)N2CCN(C)CC2CN(C)c3c1Cl. The first-order valence-corrected chi connectivity index (χ1v) is 9.18. The zero-order valence-electron chi connectivity index (χ0n) is 13.8. The molecule has 0 aliphatic carbocycles. The Labute approximate surface area is 158 Å². The van der Waals surface area contributed by atoms with E-state index in [0.29, 0.717) is 10.7 Å². The molecule has 128 valence electrons. The van der Waals surface area contributed by atoms with E-state index in [1.165, 1.54) is 2.78 Å². The maximum atomic E-state index is 12.4. The van der Waals surface area contributed by atoms with Gasteiger partial charge in [0, 0.05) is 33.2 Å². The number of hydrogen-bond donors (Lipinski definition) is 0. The summed E-state index contributed by atoms with van der Waals surface area (Å²) in [4.78, 5) is 28.1. The Balaban J connectivity index is 2.10. The summed E-state index contributed by atoms with van der Waals surface area (Å²) in [7, 11) is 4.17. The highest BCUT2D eigenvalue weighted by Crippen LogP contribution is 2.41. The van der Waals surface area contributed by atoms with E-state index in [1.54, 1.807) is 0 Å². The fraction of sp³-hybridized carbons (Fsp3) is 0.533. The maximum absolute atomic E-state index is 12.4. The van der Waals surface area contributed by atoms with Crippen LogP contribution in [-0.4, -0.2) is 64.0 Å². The topological polar surface area (TPSA) is 57.5 Å². The Hall–Kier alpha value is -1.13. The van der Waals surface area contributed by atoms with Crippen LogP contribution in [0.4, 0.5) is 11.5 Å². The summed E-state index contributed by atoms with van der Waals surface area (Å²) in [5.41, 5.74) is 1.99. The van der Waals surface area contributed by atoms with Crippen molar-refractivity contribution in [3.8, 4) is 0 Å². The zero-order valence-corrected chi connectivity index (χ0v) is 16.7. The lowest BCUT2D eigenvalue weighted by atomic mass is 10.1. The van der Waals surface area contributed by atoms with Crippen molar-refractivity contribution in [1.82, 2.24) is 17.6 Å². The molecule has 4 heterocycles. The second kappa shape index (κ2) is 5.70. The molecule has 1 atom stereocenters. The van der Waals surface area contributed by atoms with Gasteiger partial charge >= 0.3 is 5.69 Å². The van der Waals surface area contributed by atoms with E-state index in [0.717, 1.165) is 48.8 Å². The van der Waals surface area contributed by atoms with Gasteiger partial charge in [0.1, 0.15) is 5.82 Å². The van der Waals surface area contributed by atoms with Gasteiger partial charge in [-0.1, -0.05) is 11.6 Å². The number of rotatable bonds is 0. The number of fused-ring (bicyclic) bond motifs is 2. The molecule has 7 nitrogen and oxygen atoms in total. The highest BCUT2D eigenvalue weighted by atomic mass is 127. The van der Waals surface area contributed by atoms with Crippen LogP contribution in [0.5, 0.6) is 0 Å². The van der Waals surface area contributed by atoms with Crippen LogP contribution in [-0.2, 0) is 0 Å². The quantitative estimate of drug-likeness (QED) is 0.556. The molecule has 2 aromatic heterocycles. The van der Waals surface area contributed by atoms with E-state index in [4.69, 9.17) is 11.6 Å². The van der Waals surface area contributed by atoms with Crippen LogP contribution in [0, 0.1) is 6.92 Å². The number of nitrogens with zero attached hydrogens (tertiary/aromatic N) is 6. The Morgan fingerprint density at radius 1 is 1.21 bits per heavy atom. The molecular weight excluding hydrogens is 443 g/mol. The number of piperazine rings is 1. The molecule has 0 amide bonds. The molecule has 0 radical (unpaired) electrons. The van der Waals surface area contributed by atoms with Gasteiger partial charge in [0.25, 0.3) is 0 Å². The van der Waals surface area contributed by atoms with Gasteiger partial charge < -0.3 is 14.7 Å². The molecule has 2 aliphatic heterocycles. The predicted molar refractivity (Wildman–Crippen MR) is 105 cm³/mol. The van der Waals surface area contributed by atoms with Crippen LogP contribution in [0.15, 0.2) is 4.79 Å². The van der Waals surface area contributed by atoms with E-state index >= 15 is 0 Å². The summed E-state index contributed by atoms with van der Waals surface area (Å²) < 4.78 is 1.48. The van der Waals surface area contributed by atoms with E-state index in [9.17, 15) is 4.79 Å². The molecule has 2 aromatic rings. The third-order valence-electron chi connectivity index (χ3n) is 4.86. The van der Waals surface area contributed by atoms with E-state index in [-0.39, 0.29) is 11.7 Å². The summed E-state index contributed by atoms with van der Waals surface area (Å²) in [5, 5.41) is 1.51. The molecule has 1 saturated heterocycles. The van der Waals surface area contributed by atoms with Crippen LogP contribution in [0.3, 0.4) is 0 Å². The van der Waals surface area contributed by atoms with Crippen molar-refractivity contribution in [3.05, 3.63) is 21.2 Å². The fourth-order valence-electron chi connectivity index (χ4n) is 3.70. The lowest BCUT2D eigenvalue weighted by Gasteiger charge is -2.40. The minimum absolute atomic E-state index is 0.262. The van der Waals surface area contributed by atoms with Crippen molar-refractivity contribution in [2.75, 3.05) is 50.1 Å². The van der Waals surface area contributed by atoms with Crippen LogP contribution in [0.25, 0.3) is 11.0 Å². The predicted octanol–water partition coefficient (Wildman–Crippen LogP) is 1.52. The average molecular weight is 461 g/mol. The lowest BCUT2D eigenvalue weighted by molar-refractivity contribution is 0.269. The van der Waals surface area contributed by atoms with E-state index in [1.807, 2.05) is 36.8 Å². The Morgan fingerprint density at radius 2 is 1.96 bits per heavy atom. The van der Waals surface area contributed by atoms with Crippen molar-refractivity contribution in [1.29, 1.82) is 0 Å². The number of anilines is 2. The van der Waals surface area contributed by atoms with Gasteiger partial charge in [-0.2, -0.15) is 4.98 Å². The second-order valence-corrected chi connectivity index (χ2v) is 7.89. The van der Waals surface area contributed by atoms with Gasteiger partial charge in [-0.15, -0.1) is 0 Å². The Bertz CT molecular complexity index is 900. The minimum atomic E-state index is -0.291. The number of aromatic nitrogens is 3. The second-order valence-electron chi connectivity index (χ2n) is 6.55. The molecule has 0 bridgehead atoms. The van der Waals surface area contributed by atoms with Gasteiger partial charge in [-0.3, -0.25) is 0 Å². The molecule has 1 fully saturated rings. The molecular formula is C15H18ClIN6O. The molecule has 1 unspecified atom stereocenters. The van der Waals surface area contributed by atoms with Crippen molar-refractivity contribution in [2.24, 2.45) is 0 Å². The third kappa shape index (κ3) is 2.30. The standard InChI is InChI=1S/C15H18ClIN6O/c1-8-11(16)12-10-13(19-15(24)23(17)14(10)18-8)22-5-4-20(2)6-9(22)7-21(12)3/h9H,4-7H2,1-3H3. The number of hydrogen-bond acceptors (Lipinski definition) is 6. The van der Waals surface area contributed by atoms with Crippen molar-refractivity contribution >= 4 is 57.0 Å². The molecule has 9 heteroatoms. The summed E-state index contributed by atoms with van der Waals surface area (Å²) >= 11 is 8.58. The molecule has 24 heavy (non-hydrogen) atoms. The minimum Gasteiger partial charge on any atom is -0.371 e. The third-order valence-corrected chi connectivity index (χ3v) is 6.18. The zero-order chi connectivity index (χ0) is 17.2. The molecule has 0 N–H and O–H groups in total. The van der Waals surface area contributed by atoms with Crippen molar-refractivity contribution in [2.45, 2.75) is 13.0 Å². The van der Waals surface area contributed by atoms with Gasteiger partial charge in [-0.05, 0) is 14.0 Å². The fourth-order valence-corrected chi connectivity index (χ4v) is 4.44. The van der Waals surface area contributed by atoms with E-state index in [2.05, 4.69) is 31.7 Å². The average Bonchev–Trinajstić information content (AvgIpc) is 2.64. The first-order chi connectivity index (χ1) is 11.4. The number of pyridine rings is 1. The first-order valence-electron chi connectivity index (χ1n) is 7.84. The smallest absolute Gasteiger partial charge is 0.360 e. The Kier molecular flexibility index (Phi) is 3.88. The number of aryl methyl sites for hydroxylation is 1. The van der Waals surface area contributed by atoms with Crippen LogP contribution in [0.1, 0.15) is 5.69 Å². The van der Waals surface area contributed by atoms with Crippen LogP contribution >= 0.6 is 34.5 Å². The normalized spacial score (nSPS) is 21.1. The lowest BCUT2D eigenvalue weighted by Crippen LogP contribution is -2.55. The van der Waals surface area contributed by atoms with Gasteiger partial charge in [-0.25, -0.2) is 12.6 Å². The molecule has 0 spiro atoms. The first kappa shape index (κ1) is 16.3. The van der Waals surface area contributed by atoms with Crippen LogP contribution in [0.2, 0.25) is 5.02 Å². The monoisotopic (exact) mass is 460 g/mol.